The van der Waals surface area contributed by atoms with Crippen molar-refractivity contribution in [3.05, 3.63) is 53.6 Å². The van der Waals surface area contributed by atoms with Crippen LogP contribution in [0.2, 0.25) is 0 Å². The molecule has 0 bridgehead atoms. The number of anilines is 3. The lowest BCUT2D eigenvalue weighted by Crippen LogP contribution is -2.52. The molecule has 2 fully saturated rings. The fraction of sp³-hybridized carbons (Fsp3) is 0.622. The monoisotopic (exact) mass is 966 g/mol. The number of aromatic nitrogens is 9. The highest BCUT2D eigenvalue weighted by atomic mass is 35.5. The number of hydrogen-bond acceptors (Lipinski definition) is 18. The van der Waals surface area contributed by atoms with E-state index in [4.69, 9.17) is 41.3 Å². The highest BCUT2D eigenvalue weighted by Crippen LogP contribution is 2.25. The Balaban J connectivity index is 0.00000864. The summed E-state index contributed by atoms with van der Waals surface area (Å²) in [6.07, 6.45) is 14.6. The van der Waals surface area contributed by atoms with Gasteiger partial charge < -0.3 is 55.1 Å². The Bertz CT molecular complexity index is 2140. The molecule has 0 saturated carbocycles. The molecular weight excluding hydrogens is 898 g/mol. The van der Waals surface area contributed by atoms with Crippen LogP contribution in [0.1, 0.15) is 68.1 Å². The molecule has 68 heavy (non-hydrogen) atoms. The molecular formula is C45H68ClN15O7. The van der Waals surface area contributed by atoms with Gasteiger partial charge >= 0.3 is 0 Å². The summed E-state index contributed by atoms with van der Waals surface area (Å²) in [6, 6.07) is 5.60. The lowest BCUT2D eigenvalue weighted by molar-refractivity contribution is -0.136. The second-order valence-corrected chi connectivity index (χ2v) is 16.4. The van der Waals surface area contributed by atoms with Crippen molar-refractivity contribution >= 4 is 42.1 Å². The van der Waals surface area contributed by atoms with Crippen molar-refractivity contribution in [1.29, 1.82) is 0 Å². The smallest absolute Gasteiger partial charge is 0.247 e. The molecule has 23 heteroatoms. The number of rotatable bonds is 28. The Morgan fingerprint density at radius 1 is 0.765 bits per heavy atom. The van der Waals surface area contributed by atoms with E-state index in [1.54, 1.807) is 39.8 Å². The molecule has 3 aromatic heterocycles. The Labute approximate surface area is 404 Å². The molecule has 0 radical (unpaired) electrons. The van der Waals surface area contributed by atoms with Crippen molar-refractivity contribution < 1.29 is 34.0 Å². The topological polar surface area (TPSA) is 253 Å². The number of nitrogens with zero attached hydrogens (tertiary/aromatic N) is 13. The molecule has 6 rings (SSSR count). The van der Waals surface area contributed by atoms with Crippen molar-refractivity contribution in [2.24, 2.45) is 5.73 Å². The lowest BCUT2D eigenvalue weighted by atomic mass is 10.0. The number of phenols is 1. The zero-order valence-corrected chi connectivity index (χ0v) is 39.9. The number of aliphatic hydroxyl groups is 1. The van der Waals surface area contributed by atoms with E-state index in [0.29, 0.717) is 141 Å². The Morgan fingerprint density at radius 3 is 1.90 bits per heavy atom. The van der Waals surface area contributed by atoms with Crippen molar-refractivity contribution in [2.75, 3.05) is 127 Å². The SMILES string of the molecule is C#CCOCCOCCOCCNc1nc(N2CCN(C(=O)[C@H](CCCCN)n3cc(CCCC)nn3)CC2)nc(N2CCN(C(=O)[C@H](Cc3ccc(O)cc3)n3cc(CCO)nn3)CC2)n1.Cl. The summed E-state index contributed by atoms with van der Waals surface area (Å²) in [5, 5.41) is 39.8. The first-order chi connectivity index (χ1) is 32.8. The molecule has 2 saturated heterocycles. The van der Waals surface area contributed by atoms with Crippen molar-refractivity contribution in [3.63, 3.8) is 0 Å². The Hall–Kier alpha value is -5.70. The summed E-state index contributed by atoms with van der Waals surface area (Å²) in [6.45, 7) is 9.01. The van der Waals surface area contributed by atoms with Gasteiger partial charge in [0.15, 0.2) is 0 Å². The molecule has 0 spiro atoms. The minimum absolute atomic E-state index is 0. The molecule has 372 valence electrons. The molecule has 2 aliphatic rings. The van der Waals surface area contributed by atoms with Gasteiger partial charge in [0.2, 0.25) is 29.7 Å². The summed E-state index contributed by atoms with van der Waals surface area (Å²) in [4.78, 5) is 50.8. The Morgan fingerprint density at radius 2 is 1.32 bits per heavy atom. The molecule has 2 aliphatic heterocycles. The van der Waals surface area contributed by atoms with Crippen LogP contribution in [0.25, 0.3) is 0 Å². The van der Waals surface area contributed by atoms with Gasteiger partial charge in [0.1, 0.15) is 24.4 Å². The van der Waals surface area contributed by atoms with Crippen molar-refractivity contribution in [1.82, 2.24) is 54.7 Å². The molecule has 2 amide bonds. The van der Waals surface area contributed by atoms with Crippen LogP contribution in [0.3, 0.4) is 0 Å². The van der Waals surface area contributed by atoms with E-state index in [0.717, 1.165) is 43.4 Å². The van der Waals surface area contributed by atoms with Gasteiger partial charge in [-0.15, -0.1) is 29.0 Å². The summed E-state index contributed by atoms with van der Waals surface area (Å²) in [5.74, 6) is 3.78. The maximum absolute atomic E-state index is 14.3. The number of halogens is 1. The van der Waals surface area contributed by atoms with Crippen molar-refractivity contribution in [2.45, 2.75) is 70.4 Å². The van der Waals surface area contributed by atoms with Crippen LogP contribution >= 0.6 is 12.4 Å². The van der Waals surface area contributed by atoms with E-state index in [1.165, 1.54) is 0 Å². The normalized spacial score (nSPS) is 14.9. The van der Waals surface area contributed by atoms with E-state index >= 15 is 0 Å². The van der Waals surface area contributed by atoms with Gasteiger partial charge in [-0.1, -0.05) is 41.8 Å². The third-order valence-electron chi connectivity index (χ3n) is 11.6. The number of aromatic hydroxyl groups is 1. The van der Waals surface area contributed by atoms with E-state index < -0.39 is 12.1 Å². The van der Waals surface area contributed by atoms with Crippen LogP contribution in [0, 0.1) is 12.3 Å². The maximum Gasteiger partial charge on any atom is 0.247 e. The van der Waals surface area contributed by atoms with Crippen LogP contribution in [0.5, 0.6) is 5.75 Å². The summed E-state index contributed by atoms with van der Waals surface area (Å²) < 4.78 is 19.8. The lowest BCUT2D eigenvalue weighted by Gasteiger charge is -2.38. The number of carbonyl (C=O) groups excluding carboxylic acids is 2. The molecule has 4 aromatic rings. The van der Waals surface area contributed by atoms with Crippen LogP contribution in [-0.4, -0.2) is 188 Å². The van der Waals surface area contributed by atoms with Crippen LogP contribution in [0.4, 0.5) is 17.8 Å². The van der Waals surface area contributed by atoms with Gasteiger partial charge in [0, 0.05) is 90.7 Å². The number of benzene rings is 1. The van der Waals surface area contributed by atoms with Gasteiger partial charge in [0.05, 0.1) is 44.4 Å². The molecule has 1 aromatic carbocycles. The van der Waals surface area contributed by atoms with Crippen LogP contribution in [0.15, 0.2) is 36.7 Å². The van der Waals surface area contributed by atoms with Gasteiger partial charge in [-0.3, -0.25) is 9.59 Å². The largest absolute Gasteiger partial charge is 0.508 e. The quantitative estimate of drug-likeness (QED) is 0.0462. The summed E-state index contributed by atoms with van der Waals surface area (Å²) in [5.41, 5.74) is 8.15. The van der Waals surface area contributed by atoms with Gasteiger partial charge in [0.25, 0.3) is 0 Å². The highest BCUT2D eigenvalue weighted by molar-refractivity contribution is 5.85. The fourth-order valence-electron chi connectivity index (χ4n) is 7.83. The number of nitrogens with two attached hydrogens (primary N) is 1. The number of piperazine rings is 2. The van der Waals surface area contributed by atoms with E-state index in [9.17, 15) is 19.8 Å². The maximum atomic E-state index is 14.3. The zero-order chi connectivity index (χ0) is 47.2. The number of nitrogens with one attached hydrogen (secondary N) is 1. The first-order valence-electron chi connectivity index (χ1n) is 23.4. The third-order valence-corrected chi connectivity index (χ3v) is 11.6. The highest BCUT2D eigenvalue weighted by Gasteiger charge is 2.33. The first kappa shape index (κ1) is 53.3. The average Bonchev–Trinajstić information content (AvgIpc) is 4.03. The number of terminal acetylenes is 1. The minimum Gasteiger partial charge on any atom is -0.508 e. The second-order valence-electron chi connectivity index (χ2n) is 16.4. The number of ether oxygens (including phenoxy) is 3. The average molecular weight is 967 g/mol. The predicted molar refractivity (Wildman–Crippen MR) is 257 cm³/mol. The standard InChI is InChI=1S/C45H67N15O7.ClH/c1-3-5-8-36-33-59(53-51-36)39(9-6-7-15-46)41(63)55-17-21-57(22-18-55)44-48-43(47-16-27-66-29-31-67-30-28-65-26-4-2)49-45(50-44)58-23-19-56(20-24-58)42(64)40(32-35-10-12-38(62)13-11-35)60-34-37(14-25-61)52-54-60;/h2,10-13,33-34,39-40,61-62H,3,5-9,14-32,46H2,1H3,(H,47,48,49,50);1H/t39-,40-;/m0./s1. The molecule has 0 unspecified atom stereocenters. The number of aryl methyl sites for hydroxylation is 1. The molecule has 0 aliphatic carbocycles. The first-order valence-corrected chi connectivity index (χ1v) is 23.4. The fourth-order valence-corrected chi connectivity index (χ4v) is 7.83. The molecule has 5 heterocycles. The van der Waals surface area contributed by atoms with Gasteiger partial charge in [-0.05, 0) is 56.3 Å². The predicted octanol–water partition coefficient (Wildman–Crippen LogP) is 1.31. The zero-order valence-electron chi connectivity index (χ0n) is 39.1. The number of phenolic OH excluding ortho intramolecular Hbond substituents is 1. The van der Waals surface area contributed by atoms with Gasteiger partial charge in [-0.2, -0.15) is 15.0 Å². The summed E-state index contributed by atoms with van der Waals surface area (Å²) >= 11 is 0. The summed E-state index contributed by atoms with van der Waals surface area (Å²) in [7, 11) is 0. The number of unbranched alkanes of at least 4 members (excludes halogenated alkanes) is 2. The number of aliphatic hydroxyl groups excluding tert-OH is 1. The molecule has 22 nitrogen and oxygen atoms in total. The molecule has 5 N–H and O–H groups in total. The minimum atomic E-state index is -0.691. The van der Waals surface area contributed by atoms with E-state index in [2.05, 4.69) is 43.7 Å². The van der Waals surface area contributed by atoms with Crippen LogP contribution < -0.4 is 20.9 Å². The van der Waals surface area contributed by atoms with Crippen LogP contribution in [-0.2, 0) is 43.1 Å². The number of carbonyl (C=O) groups is 2. The van der Waals surface area contributed by atoms with E-state index in [-0.39, 0.29) is 43.2 Å². The number of hydrogen-bond donors (Lipinski definition) is 4. The number of amides is 2. The second kappa shape index (κ2) is 28.6. The van der Waals surface area contributed by atoms with Gasteiger partial charge in [-0.25, -0.2) is 9.36 Å². The third kappa shape index (κ3) is 16.0. The van der Waals surface area contributed by atoms with Crippen molar-refractivity contribution in [3.8, 4) is 18.1 Å². The Kier molecular flexibility index (Phi) is 22.4. The van der Waals surface area contributed by atoms with E-state index in [1.807, 2.05) is 20.9 Å². The molecule has 2 atom stereocenters.